The molecule has 0 aliphatic carbocycles. The van der Waals surface area contributed by atoms with E-state index in [0.717, 1.165) is 28.2 Å². The number of para-hydroxylation sites is 1. The molecule has 1 amide bonds. The molecule has 1 aliphatic heterocycles. The number of carbonyl (C=O) groups excluding carboxylic acids is 2. The molecule has 0 bridgehead atoms. The van der Waals surface area contributed by atoms with E-state index in [1.165, 1.54) is 16.2 Å². The van der Waals surface area contributed by atoms with Gasteiger partial charge in [-0.1, -0.05) is 31.2 Å². The van der Waals surface area contributed by atoms with E-state index >= 15 is 0 Å². The van der Waals surface area contributed by atoms with Crippen molar-refractivity contribution >= 4 is 34.5 Å². The second-order valence-corrected chi connectivity index (χ2v) is 8.78. The topological polar surface area (TPSA) is 66.8 Å². The Morgan fingerprint density at radius 3 is 2.50 bits per heavy atom. The first-order chi connectivity index (χ1) is 15.4. The number of hydrogen-bond donors (Lipinski definition) is 1. The summed E-state index contributed by atoms with van der Waals surface area (Å²) in [5.74, 6) is -0.770. The standard InChI is InChI=1S/C26H25NO4S/c1-4-13-31-20-12-11-18(15-17(20)3)24(28)22-23(21-10-7-14-32-21)27(26(30)25(22)29)19-9-6-5-8-16(19)2/h5-12,14-15,23,28H,4,13H2,1-3H3/b24-22-. The van der Waals surface area contributed by atoms with Crippen LogP contribution in [0.4, 0.5) is 5.69 Å². The number of ether oxygens (including phenoxy) is 1. The van der Waals surface area contributed by atoms with Gasteiger partial charge in [-0.3, -0.25) is 14.5 Å². The highest BCUT2D eigenvalue weighted by molar-refractivity contribution is 7.10. The lowest BCUT2D eigenvalue weighted by molar-refractivity contribution is -0.132. The van der Waals surface area contributed by atoms with Crippen molar-refractivity contribution < 1.29 is 19.4 Å². The molecule has 32 heavy (non-hydrogen) atoms. The van der Waals surface area contributed by atoms with E-state index in [1.54, 1.807) is 18.2 Å². The molecule has 1 atom stereocenters. The number of amides is 1. The smallest absolute Gasteiger partial charge is 0.300 e. The number of rotatable bonds is 6. The van der Waals surface area contributed by atoms with Crippen LogP contribution in [0.1, 0.15) is 41.0 Å². The van der Waals surface area contributed by atoms with Gasteiger partial charge in [0.15, 0.2) is 0 Å². The highest BCUT2D eigenvalue weighted by atomic mass is 32.1. The molecular weight excluding hydrogens is 422 g/mol. The molecule has 3 aromatic rings. The van der Waals surface area contributed by atoms with Gasteiger partial charge in [-0.05, 0) is 67.1 Å². The Labute approximate surface area is 191 Å². The molecule has 1 unspecified atom stereocenters. The number of benzene rings is 2. The summed E-state index contributed by atoms with van der Waals surface area (Å²) in [4.78, 5) is 28.7. The van der Waals surface area contributed by atoms with Crippen LogP contribution in [0.3, 0.4) is 0 Å². The average Bonchev–Trinajstić information content (AvgIpc) is 3.40. The third-order valence-corrected chi connectivity index (χ3v) is 6.47. The Balaban J connectivity index is 1.86. The van der Waals surface area contributed by atoms with Gasteiger partial charge in [0.2, 0.25) is 0 Å². The van der Waals surface area contributed by atoms with Crippen LogP contribution >= 0.6 is 11.3 Å². The van der Waals surface area contributed by atoms with Gasteiger partial charge in [0.05, 0.1) is 12.2 Å². The molecule has 5 nitrogen and oxygen atoms in total. The predicted octanol–water partition coefficient (Wildman–Crippen LogP) is 5.78. The molecule has 1 aromatic heterocycles. The van der Waals surface area contributed by atoms with Gasteiger partial charge in [-0.25, -0.2) is 0 Å². The van der Waals surface area contributed by atoms with Crippen molar-refractivity contribution in [3.05, 3.63) is 87.1 Å². The van der Waals surface area contributed by atoms with Crippen LogP contribution in [0.25, 0.3) is 5.76 Å². The number of ketones is 1. The van der Waals surface area contributed by atoms with Crippen LogP contribution in [0.15, 0.2) is 65.6 Å². The van der Waals surface area contributed by atoms with Gasteiger partial charge in [-0.15, -0.1) is 11.3 Å². The van der Waals surface area contributed by atoms with E-state index in [0.29, 0.717) is 17.9 Å². The van der Waals surface area contributed by atoms with Crippen molar-refractivity contribution in [3.8, 4) is 5.75 Å². The van der Waals surface area contributed by atoms with Crippen molar-refractivity contribution in [2.75, 3.05) is 11.5 Å². The number of anilines is 1. The summed E-state index contributed by atoms with van der Waals surface area (Å²) < 4.78 is 5.73. The van der Waals surface area contributed by atoms with Crippen molar-refractivity contribution in [2.24, 2.45) is 0 Å². The fraction of sp³-hybridized carbons (Fsp3) is 0.231. The summed E-state index contributed by atoms with van der Waals surface area (Å²) in [6.45, 7) is 6.43. The average molecular weight is 448 g/mol. The molecule has 164 valence electrons. The Morgan fingerprint density at radius 1 is 1.06 bits per heavy atom. The summed E-state index contributed by atoms with van der Waals surface area (Å²) in [5.41, 5.74) is 2.97. The first-order valence-electron chi connectivity index (χ1n) is 10.6. The number of aliphatic hydroxyl groups excluding tert-OH is 1. The summed E-state index contributed by atoms with van der Waals surface area (Å²) in [5, 5.41) is 13.1. The maximum Gasteiger partial charge on any atom is 0.300 e. The van der Waals surface area contributed by atoms with Crippen molar-refractivity contribution in [2.45, 2.75) is 33.2 Å². The number of hydrogen-bond acceptors (Lipinski definition) is 5. The van der Waals surface area contributed by atoms with Gasteiger partial charge in [0.25, 0.3) is 11.7 Å². The highest BCUT2D eigenvalue weighted by Gasteiger charge is 2.47. The third kappa shape index (κ3) is 3.82. The summed E-state index contributed by atoms with van der Waals surface area (Å²) in [6.07, 6.45) is 0.893. The molecule has 1 fully saturated rings. The van der Waals surface area contributed by atoms with Crippen molar-refractivity contribution in [3.63, 3.8) is 0 Å². The minimum Gasteiger partial charge on any atom is -0.507 e. The van der Waals surface area contributed by atoms with Crippen LogP contribution in [0.5, 0.6) is 5.75 Å². The van der Waals surface area contributed by atoms with Gasteiger partial charge < -0.3 is 9.84 Å². The molecule has 0 radical (unpaired) electrons. The number of Topliss-reactive ketones (excluding diaryl/α,β-unsaturated/α-hetero) is 1. The lowest BCUT2D eigenvalue weighted by atomic mass is 9.98. The SMILES string of the molecule is CCCOc1ccc(/C(O)=C2/C(=O)C(=O)N(c3ccccc3C)C2c2cccs2)cc1C. The fourth-order valence-corrected chi connectivity index (χ4v) is 4.78. The predicted molar refractivity (Wildman–Crippen MR) is 127 cm³/mol. The van der Waals surface area contributed by atoms with E-state index in [2.05, 4.69) is 0 Å². The minimum atomic E-state index is -0.688. The van der Waals surface area contributed by atoms with Crippen LogP contribution in [-0.4, -0.2) is 23.4 Å². The quantitative estimate of drug-likeness (QED) is 0.295. The lowest BCUT2D eigenvalue weighted by Crippen LogP contribution is -2.29. The van der Waals surface area contributed by atoms with E-state index in [-0.39, 0.29) is 11.3 Å². The highest BCUT2D eigenvalue weighted by Crippen LogP contribution is 2.44. The molecular formula is C26H25NO4S. The monoisotopic (exact) mass is 447 g/mol. The van der Waals surface area contributed by atoms with Gasteiger partial charge in [-0.2, -0.15) is 0 Å². The first-order valence-corrected chi connectivity index (χ1v) is 11.5. The van der Waals surface area contributed by atoms with Crippen LogP contribution in [0, 0.1) is 13.8 Å². The molecule has 4 rings (SSSR count). The Kier molecular flexibility index (Phi) is 6.15. The number of aliphatic hydroxyl groups is 1. The van der Waals surface area contributed by atoms with Gasteiger partial charge in [0.1, 0.15) is 17.6 Å². The summed E-state index contributed by atoms with van der Waals surface area (Å²) >= 11 is 1.45. The van der Waals surface area contributed by atoms with E-state index in [1.807, 2.05) is 62.5 Å². The van der Waals surface area contributed by atoms with Gasteiger partial charge >= 0.3 is 0 Å². The maximum atomic E-state index is 13.2. The van der Waals surface area contributed by atoms with Gasteiger partial charge in [0, 0.05) is 16.1 Å². The molecule has 6 heteroatoms. The Morgan fingerprint density at radius 2 is 1.84 bits per heavy atom. The maximum absolute atomic E-state index is 13.2. The first kappa shape index (κ1) is 21.8. The molecule has 1 aliphatic rings. The second kappa shape index (κ2) is 9.01. The molecule has 2 aromatic carbocycles. The zero-order valence-corrected chi connectivity index (χ0v) is 19.1. The molecule has 0 spiro atoms. The molecule has 0 saturated carbocycles. The van der Waals surface area contributed by atoms with Crippen LogP contribution < -0.4 is 9.64 Å². The Hall–Kier alpha value is -3.38. The van der Waals surface area contributed by atoms with Crippen LogP contribution in [-0.2, 0) is 9.59 Å². The zero-order chi connectivity index (χ0) is 22.8. The second-order valence-electron chi connectivity index (χ2n) is 7.80. The molecule has 1 N–H and O–H groups in total. The van der Waals surface area contributed by atoms with Crippen molar-refractivity contribution in [1.29, 1.82) is 0 Å². The van der Waals surface area contributed by atoms with Crippen molar-refractivity contribution in [1.82, 2.24) is 0 Å². The lowest BCUT2D eigenvalue weighted by Gasteiger charge is -2.25. The molecule has 1 saturated heterocycles. The Bertz CT molecular complexity index is 1200. The fourth-order valence-electron chi connectivity index (χ4n) is 3.96. The third-order valence-electron chi connectivity index (χ3n) is 5.54. The normalized spacial score (nSPS) is 17.7. The number of carbonyl (C=O) groups is 2. The molecule has 2 heterocycles. The number of aryl methyl sites for hydroxylation is 2. The van der Waals surface area contributed by atoms with E-state index in [9.17, 15) is 14.7 Å². The summed E-state index contributed by atoms with van der Waals surface area (Å²) in [7, 11) is 0. The number of nitrogens with zero attached hydrogens (tertiary/aromatic N) is 1. The zero-order valence-electron chi connectivity index (χ0n) is 18.3. The van der Waals surface area contributed by atoms with Crippen LogP contribution in [0.2, 0.25) is 0 Å². The van der Waals surface area contributed by atoms with E-state index < -0.39 is 17.7 Å². The number of thiophene rings is 1. The minimum absolute atomic E-state index is 0.0994. The van der Waals surface area contributed by atoms with E-state index in [4.69, 9.17) is 4.74 Å². The summed E-state index contributed by atoms with van der Waals surface area (Å²) in [6, 6.07) is 15.8. The largest absolute Gasteiger partial charge is 0.507 e.